The SMILES string of the molecule is C=C(CC(C)C)C(=O)O.O=C(CC(=O)c1ccccc1)Nc1ccc(C(=O)O)cc1.O=C(O)C=CC(=O)C=CC(=O)O.O=C(O)C=CC(=O)Nc1ccccc1.O=C(O)CCOc1cc(F)cs1. The summed E-state index contributed by atoms with van der Waals surface area (Å²) in [7, 11) is 0. The Morgan fingerprint density at radius 2 is 1.16 bits per heavy atom. The Hall–Kier alpha value is -8.85. The number of carboxylic acid groups (broad SMARTS) is 6. The van der Waals surface area contributed by atoms with Gasteiger partial charge in [0.05, 0.1) is 25.0 Å². The molecule has 3 aromatic carbocycles. The molecule has 0 fully saturated rings. The molecular formula is C47H47FN2O17S. The van der Waals surface area contributed by atoms with Crippen LogP contribution in [-0.2, 0) is 38.4 Å². The van der Waals surface area contributed by atoms with E-state index >= 15 is 0 Å². The second kappa shape index (κ2) is 33.6. The molecule has 2 amide bonds. The molecule has 19 nitrogen and oxygen atoms in total. The summed E-state index contributed by atoms with van der Waals surface area (Å²) in [5.41, 5.74) is 1.99. The summed E-state index contributed by atoms with van der Waals surface area (Å²) in [5, 5.41) is 56.5. The fourth-order valence-corrected chi connectivity index (χ4v) is 4.81. The summed E-state index contributed by atoms with van der Waals surface area (Å²) in [6.45, 7) is 7.41. The lowest BCUT2D eigenvalue weighted by Crippen LogP contribution is -2.16. The van der Waals surface area contributed by atoms with E-state index < -0.39 is 53.4 Å². The predicted molar refractivity (Wildman–Crippen MR) is 246 cm³/mol. The van der Waals surface area contributed by atoms with Crippen LogP contribution in [-0.4, -0.2) is 96.4 Å². The first kappa shape index (κ1) is 59.1. The molecule has 0 saturated heterocycles. The van der Waals surface area contributed by atoms with Gasteiger partial charge in [-0.2, -0.15) is 0 Å². The number of ketones is 2. The maximum absolute atomic E-state index is 12.3. The number of rotatable bonds is 19. The second-order valence-corrected chi connectivity index (χ2v) is 14.1. The molecule has 68 heavy (non-hydrogen) atoms. The number of carbonyl (C=O) groups excluding carboxylic acids is 4. The van der Waals surface area contributed by atoms with Crippen LogP contribution >= 0.6 is 11.3 Å². The average molecular weight is 963 g/mol. The molecule has 0 atom stereocenters. The van der Waals surface area contributed by atoms with Gasteiger partial charge < -0.3 is 46.0 Å². The number of nitrogens with one attached hydrogen (secondary N) is 2. The van der Waals surface area contributed by atoms with Gasteiger partial charge in [-0.25, -0.2) is 28.4 Å². The minimum absolute atomic E-state index is 0.0699. The topological polar surface area (TPSA) is 325 Å². The summed E-state index contributed by atoms with van der Waals surface area (Å²) >= 11 is 1.11. The molecule has 21 heteroatoms. The number of benzene rings is 3. The van der Waals surface area contributed by atoms with E-state index in [-0.39, 0.29) is 36.6 Å². The van der Waals surface area contributed by atoms with Crippen LogP contribution in [0.5, 0.6) is 5.06 Å². The third-order valence-electron chi connectivity index (χ3n) is 7.09. The van der Waals surface area contributed by atoms with E-state index in [1.807, 2.05) is 19.9 Å². The molecule has 0 saturated carbocycles. The zero-order valence-electron chi connectivity index (χ0n) is 36.3. The monoisotopic (exact) mass is 962 g/mol. The molecule has 8 N–H and O–H groups in total. The summed E-state index contributed by atoms with van der Waals surface area (Å²) in [4.78, 5) is 106. The molecule has 0 radical (unpaired) electrons. The van der Waals surface area contributed by atoms with E-state index in [4.69, 9.17) is 35.4 Å². The summed E-state index contributed by atoms with van der Waals surface area (Å²) < 4.78 is 17.3. The Balaban J connectivity index is 0.000000853. The van der Waals surface area contributed by atoms with Crippen LogP contribution in [0.25, 0.3) is 0 Å². The number of aliphatic carboxylic acids is 5. The first-order valence-electron chi connectivity index (χ1n) is 19.3. The van der Waals surface area contributed by atoms with Gasteiger partial charge in [0, 0.05) is 58.3 Å². The molecule has 0 unspecified atom stereocenters. The number of carboxylic acids is 6. The first-order chi connectivity index (χ1) is 32.0. The Kier molecular flexibility index (Phi) is 29.3. The van der Waals surface area contributed by atoms with Gasteiger partial charge in [-0.15, -0.1) is 11.3 Å². The van der Waals surface area contributed by atoms with E-state index in [9.17, 15) is 52.3 Å². The summed E-state index contributed by atoms with van der Waals surface area (Å²) in [5.74, 6) is -8.32. The van der Waals surface area contributed by atoms with Gasteiger partial charge >= 0.3 is 35.8 Å². The Morgan fingerprint density at radius 1 is 0.662 bits per heavy atom. The van der Waals surface area contributed by atoms with Crippen LogP contribution in [0.1, 0.15) is 53.8 Å². The quantitative estimate of drug-likeness (QED) is 0.0263. The number of halogens is 1. The van der Waals surface area contributed by atoms with Crippen molar-refractivity contribution in [2.24, 2.45) is 5.92 Å². The molecule has 0 aliphatic rings. The minimum Gasteiger partial charge on any atom is -0.483 e. The van der Waals surface area contributed by atoms with Crippen molar-refractivity contribution in [3.63, 3.8) is 0 Å². The van der Waals surface area contributed by atoms with Crippen molar-refractivity contribution >= 4 is 81.9 Å². The van der Waals surface area contributed by atoms with E-state index in [2.05, 4.69) is 17.2 Å². The number of amides is 2. The number of aromatic carboxylic acids is 1. The molecule has 0 aliphatic carbocycles. The van der Waals surface area contributed by atoms with E-state index in [1.165, 1.54) is 35.7 Å². The molecular weight excluding hydrogens is 916 g/mol. The van der Waals surface area contributed by atoms with Crippen LogP contribution in [0.15, 0.2) is 145 Å². The maximum atomic E-state index is 12.3. The maximum Gasteiger partial charge on any atom is 0.335 e. The highest BCUT2D eigenvalue weighted by Gasteiger charge is 2.12. The van der Waals surface area contributed by atoms with E-state index in [1.54, 1.807) is 54.6 Å². The van der Waals surface area contributed by atoms with Gasteiger partial charge in [0.25, 0.3) is 0 Å². The highest BCUT2D eigenvalue weighted by Crippen LogP contribution is 2.21. The Labute approximate surface area is 391 Å². The highest BCUT2D eigenvalue weighted by molar-refractivity contribution is 7.11. The van der Waals surface area contributed by atoms with Crippen molar-refractivity contribution in [2.75, 3.05) is 17.2 Å². The number of hydrogen-bond acceptors (Lipinski definition) is 12. The number of allylic oxidation sites excluding steroid dienone is 2. The number of para-hydroxylation sites is 1. The smallest absolute Gasteiger partial charge is 0.335 e. The molecule has 360 valence electrons. The molecule has 4 aromatic rings. The minimum atomic E-state index is -1.26. The van der Waals surface area contributed by atoms with Gasteiger partial charge in [-0.1, -0.05) is 69.0 Å². The molecule has 4 rings (SSSR count). The highest BCUT2D eigenvalue weighted by atomic mass is 32.1. The Bertz CT molecular complexity index is 2400. The normalized spacial score (nSPS) is 10.0. The lowest BCUT2D eigenvalue weighted by Gasteiger charge is -2.05. The third kappa shape index (κ3) is 31.9. The zero-order valence-corrected chi connectivity index (χ0v) is 37.1. The number of Topliss-reactive ketones (excluding diaryl/α,β-unsaturated/α-hetero) is 1. The summed E-state index contributed by atoms with van der Waals surface area (Å²) in [6, 6.07) is 24.3. The second-order valence-electron chi connectivity index (χ2n) is 13.3. The van der Waals surface area contributed by atoms with E-state index in [0.29, 0.717) is 52.1 Å². The summed E-state index contributed by atoms with van der Waals surface area (Å²) in [6.07, 6.45) is 4.81. The first-order valence-corrected chi connectivity index (χ1v) is 20.2. The van der Waals surface area contributed by atoms with Crippen LogP contribution in [0.2, 0.25) is 0 Å². The zero-order chi connectivity index (χ0) is 51.6. The fraction of sp³-hybridized carbons (Fsp3) is 0.149. The van der Waals surface area contributed by atoms with Crippen molar-refractivity contribution in [3.05, 3.63) is 162 Å². The standard InChI is InChI=1S/C16H13NO4.C10H9NO3.C7H7FO3S.C7H6O5.C7H12O2/c18-14(11-4-2-1-3-5-11)10-15(19)17-13-8-6-12(7-9-13)16(20)21;12-9(6-7-10(13)14)11-8-4-2-1-3-5-8;8-5-3-7(12-4-5)11-2-1-6(9)10;8-5(1-3-6(9)10)2-4-7(11)12;1-5(2)4-6(3)7(8)9/h1-9H,10H2,(H,17,19)(H,20,21);1-7H,(H,11,12)(H,13,14);3-4H,1-2H2,(H,9,10);1-4H,(H,9,10)(H,11,12);5H,3-4H2,1-2H3,(H,8,9). The van der Waals surface area contributed by atoms with Gasteiger partial charge in [-0.3, -0.25) is 24.0 Å². The van der Waals surface area contributed by atoms with Crippen LogP contribution in [0.3, 0.4) is 0 Å². The van der Waals surface area contributed by atoms with Crippen LogP contribution in [0, 0.1) is 11.7 Å². The van der Waals surface area contributed by atoms with Gasteiger partial charge in [-0.05, 0) is 60.9 Å². The molecule has 0 spiro atoms. The number of anilines is 2. The third-order valence-corrected chi connectivity index (χ3v) is 7.90. The van der Waals surface area contributed by atoms with Gasteiger partial charge in [0.1, 0.15) is 5.82 Å². The van der Waals surface area contributed by atoms with Crippen molar-refractivity contribution in [2.45, 2.75) is 33.1 Å². The molecule has 0 aliphatic heterocycles. The van der Waals surface area contributed by atoms with Crippen molar-refractivity contribution in [3.8, 4) is 5.06 Å². The predicted octanol–water partition coefficient (Wildman–Crippen LogP) is 7.11. The fourth-order valence-electron chi connectivity index (χ4n) is 4.18. The number of hydrogen-bond donors (Lipinski definition) is 8. The van der Waals surface area contributed by atoms with Crippen molar-refractivity contribution in [1.82, 2.24) is 0 Å². The molecule has 1 heterocycles. The lowest BCUT2D eigenvalue weighted by atomic mass is 10.1. The largest absolute Gasteiger partial charge is 0.483 e. The molecule has 1 aromatic heterocycles. The number of ether oxygens (including phenoxy) is 1. The van der Waals surface area contributed by atoms with Gasteiger partial charge in [0.2, 0.25) is 11.8 Å². The lowest BCUT2D eigenvalue weighted by molar-refractivity contribution is -0.138. The number of thiophene rings is 1. The average Bonchev–Trinajstić information content (AvgIpc) is 3.69. The van der Waals surface area contributed by atoms with E-state index in [0.717, 1.165) is 35.6 Å². The van der Waals surface area contributed by atoms with Crippen LogP contribution < -0.4 is 15.4 Å². The van der Waals surface area contributed by atoms with Crippen molar-refractivity contribution < 1.29 is 87.7 Å². The Morgan fingerprint density at radius 3 is 1.59 bits per heavy atom. The van der Waals surface area contributed by atoms with Gasteiger partial charge in [0.15, 0.2) is 16.6 Å². The van der Waals surface area contributed by atoms with Crippen LogP contribution in [0.4, 0.5) is 15.8 Å². The molecule has 0 bridgehead atoms. The number of carbonyl (C=O) groups is 10. The van der Waals surface area contributed by atoms with Crippen molar-refractivity contribution in [1.29, 1.82) is 0 Å².